The molecule has 1 aromatic heterocycles. The van der Waals surface area contributed by atoms with Crippen LogP contribution >= 0.6 is 11.3 Å². The molecule has 0 radical (unpaired) electrons. The highest BCUT2D eigenvalue weighted by Gasteiger charge is 2.16. The number of thiophene rings is 1. The van der Waals surface area contributed by atoms with E-state index in [0.29, 0.717) is 12.1 Å². The monoisotopic (exact) mass is 269 g/mol. The van der Waals surface area contributed by atoms with Gasteiger partial charge in [-0.25, -0.2) is 4.79 Å². The summed E-state index contributed by atoms with van der Waals surface area (Å²) in [6.07, 6.45) is 2.10. The van der Waals surface area contributed by atoms with E-state index in [4.69, 9.17) is 9.47 Å². The lowest BCUT2D eigenvalue weighted by molar-refractivity contribution is -0.124. The third kappa shape index (κ3) is 3.82. The Balaban J connectivity index is 1.63. The number of esters is 1. The minimum absolute atomic E-state index is 0.0986. The van der Waals surface area contributed by atoms with E-state index in [1.54, 1.807) is 16.8 Å². The van der Waals surface area contributed by atoms with Crippen molar-refractivity contribution < 1.29 is 19.1 Å². The second-order valence-electron chi connectivity index (χ2n) is 4.03. The maximum Gasteiger partial charge on any atom is 0.339 e. The molecule has 1 fully saturated rings. The third-order valence-corrected chi connectivity index (χ3v) is 3.33. The molecule has 0 spiro atoms. The van der Waals surface area contributed by atoms with Crippen LogP contribution in [0.2, 0.25) is 0 Å². The van der Waals surface area contributed by atoms with E-state index in [1.807, 2.05) is 0 Å². The minimum Gasteiger partial charge on any atom is -0.452 e. The van der Waals surface area contributed by atoms with Crippen LogP contribution in [-0.2, 0) is 14.3 Å². The molecule has 18 heavy (non-hydrogen) atoms. The van der Waals surface area contributed by atoms with Crippen molar-refractivity contribution in [2.45, 2.75) is 18.9 Å². The number of nitrogens with one attached hydrogen (secondary N) is 1. The van der Waals surface area contributed by atoms with Crippen LogP contribution in [0.4, 0.5) is 0 Å². The van der Waals surface area contributed by atoms with Crippen LogP contribution in [0.15, 0.2) is 16.8 Å². The highest BCUT2D eigenvalue weighted by Crippen LogP contribution is 2.10. The maximum absolute atomic E-state index is 11.5. The molecule has 0 bridgehead atoms. The van der Waals surface area contributed by atoms with Crippen LogP contribution in [0.1, 0.15) is 23.2 Å². The second kappa shape index (κ2) is 6.51. The molecule has 2 heterocycles. The second-order valence-corrected chi connectivity index (χ2v) is 4.81. The van der Waals surface area contributed by atoms with Gasteiger partial charge in [-0.2, -0.15) is 11.3 Å². The number of ether oxygens (including phenoxy) is 2. The quantitative estimate of drug-likeness (QED) is 0.816. The van der Waals surface area contributed by atoms with E-state index in [2.05, 4.69) is 5.32 Å². The Morgan fingerprint density at radius 3 is 3.11 bits per heavy atom. The molecular weight excluding hydrogens is 254 g/mol. The van der Waals surface area contributed by atoms with Gasteiger partial charge in [0, 0.05) is 18.5 Å². The van der Waals surface area contributed by atoms with Gasteiger partial charge >= 0.3 is 5.97 Å². The van der Waals surface area contributed by atoms with Crippen LogP contribution in [0.25, 0.3) is 0 Å². The zero-order chi connectivity index (χ0) is 12.8. The lowest BCUT2D eigenvalue weighted by Gasteiger charge is -2.10. The molecule has 5 nitrogen and oxygen atoms in total. The lowest BCUT2D eigenvalue weighted by atomic mass is 10.2. The molecule has 1 aromatic rings. The third-order valence-electron chi connectivity index (χ3n) is 2.64. The molecule has 0 saturated carbocycles. The van der Waals surface area contributed by atoms with Crippen LogP contribution in [0.5, 0.6) is 0 Å². The average Bonchev–Trinajstić information content (AvgIpc) is 3.05. The Labute approximate surface area is 109 Å². The molecule has 1 atom stereocenters. The van der Waals surface area contributed by atoms with E-state index >= 15 is 0 Å². The Morgan fingerprint density at radius 1 is 1.56 bits per heavy atom. The molecular formula is C12H15NO4S. The van der Waals surface area contributed by atoms with E-state index in [-0.39, 0.29) is 18.6 Å². The maximum atomic E-state index is 11.5. The minimum atomic E-state index is -0.469. The normalized spacial score (nSPS) is 18.6. The summed E-state index contributed by atoms with van der Waals surface area (Å²) < 4.78 is 10.2. The van der Waals surface area contributed by atoms with Crippen LogP contribution < -0.4 is 5.32 Å². The van der Waals surface area contributed by atoms with Gasteiger partial charge in [0.2, 0.25) is 0 Å². The van der Waals surface area contributed by atoms with Crippen LogP contribution in [0, 0.1) is 0 Å². The molecule has 1 N–H and O–H groups in total. The van der Waals surface area contributed by atoms with Gasteiger partial charge < -0.3 is 14.8 Å². The van der Waals surface area contributed by atoms with Crippen molar-refractivity contribution in [2.24, 2.45) is 0 Å². The first-order valence-electron chi connectivity index (χ1n) is 5.83. The molecule has 0 aliphatic carbocycles. The van der Waals surface area contributed by atoms with Crippen molar-refractivity contribution in [2.75, 3.05) is 19.8 Å². The Bertz CT molecular complexity index is 398. The summed E-state index contributed by atoms with van der Waals surface area (Å²) in [6, 6.07) is 1.66. The molecule has 1 amide bonds. The number of rotatable bonds is 5. The number of hydrogen-bond acceptors (Lipinski definition) is 5. The topological polar surface area (TPSA) is 64.6 Å². The van der Waals surface area contributed by atoms with Crippen LogP contribution in [-0.4, -0.2) is 37.7 Å². The van der Waals surface area contributed by atoms with Gasteiger partial charge in [-0.15, -0.1) is 0 Å². The van der Waals surface area contributed by atoms with Crippen molar-refractivity contribution in [3.63, 3.8) is 0 Å². The van der Waals surface area contributed by atoms with Crippen molar-refractivity contribution in [3.05, 3.63) is 22.4 Å². The molecule has 0 unspecified atom stereocenters. The van der Waals surface area contributed by atoms with Gasteiger partial charge in [-0.05, 0) is 24.3 Å². The number of carbonyl (C=O) groups excluding carboxylic acids is 2. The van der Waals surface area contributed by atoms with Gasteiger partial charge in [0.05, 0.1) is 11.7 Å². The van der Waals surface area contributed by atoms with Gasteiger partial charge in [-0.3, -0.25) is 4.79 Å². The lowest BCUT2D eigenvalue weighted by Crippen LogP contribution is -2.34. The van der Waals surface area contributed by atoms with Crippen molar-refractivity contribution in [3.8, 4) is 0 Å². The molecule has 0 aromatic carbocycles. The van der Waals surface area contributed by atoms with Gasteiger partial charge in [0.15, 0.2) is 6.61 Å². The molecule has 2 rings (SSSR count). The fourth-order valence-electron chi connectivity index (χ4n) is 1.68. The first kappa shape index (κ1) is 13.0. The summed E-state index contributed by atoms with van der Waals surface area (Å²) in [4.78, 5) is 22.9. The van der Waals surface area contributed by atoms with E-state index in [0.717, 1.165) is 19.4 Å². The molecule has 6 heteroatoms. The van der Waals surface area contributed by atoms with Gasteiger partial charge in [0.25, 0.3) is 5.91 Å². The largest absolute Gasteiger partial charge is 0.452 e. The summed E-state index contributed by atoms with van der Waals surface area (Å²) in [5.41, 5.74) is 0.479. The number of carbonyl (C=O) groups is 2. The van der Waals surface area contributed by atoms with Crippen molar-refractivity contribution >= 4 is 23.2 Å². The fourth-order valence-corrected chi connectivity index (χ4v) is 2.30. The smallest absolute Gasteiger partial charge is 0.339 e. The van der Waals surface area contributed by atoms with Crippen LogP contribution in [0.3, 0.4) is 0 Å². The predicted octanol–water partition coefficient (Wildman–Crippen LogP) is 1.20. The Kier molecular flexibility index (Phi) is 4.72. The van der Waals surface area contributed by atoms with Crippen molar-refractivity contribution in [1.29, 1.82) is 0 Å². The van der Waals surface area contributed by atoms with E-state index in [1.165, 1.54) is 11.3 Å². The fraction of sp³-hybridized carbons (Fsp3) is 0.500. The highest BCUT2D eigenvalue weighted by atomic mass is 32.1. The van der Waals surface area contributed by atoms with Crippen molar-refractivity contribution in [1.82, 2.24) is 5.32 Å². The summed E-state index contributed by atoms with van der Waals surface area (Å²) in [6.45, 7) is 0.990. The molecule has 98 valence electrons. The average molecular weight is 269 g/mol. The predicted molar refractivity (Wildman–Crippen MR) is 66.6 cm³/mol. The molecule has 1 aliphatic rings. The van der Waals surface area contributed by atoms with Gasteiger partial charge in [-0.1, -0.05) is 0 Å². The van der Waals surface area contributed by atoms with E-state index in [9.17, 15) is 9.59 Å². The first-order valence-corrected chi connectivity index (χ1v) is 6.77. The van der Waals surface area contributed by atoms with Gasteiger partial charge in [0.1, 0.15) is 0 Å². The molecule has 1 aliphatic heterocycles. The number of hydrogen-bond donors (Lipinski definition) is 1. The summed E-state index contributed by atoms with van der Waals surface area (Å²) in [7, 11) is 0. The Morgan fingerprint density at radius 2 is 2.44 bits per heavy atom. The number of amides is 1. The standard InChI is InChI=1S/C12H15NO4S/c14-11(13-6-10-2-1-4-16-10)7-17-12(15)9-3-5-18-8-9/h3,5,8,10H,1-2,4,6-7H2,(H,13,14)/t10-/m0/s1. The summed E-state index contributed by atoms with van der Waals surface area (Å²) in [5.74, 6) is -0.766. The summed E-state index contributed by atoms with van der Waals surface area (Å²) in [5, 5.41) is 6.16. The first-order chi connectivity index (χ1) is 8.75. The SMILES string of the molecule is O=C(COC(=O)c1ccsc1)NC[C@@H]1CCCO1. The molecule has 1 saturated heterocycles. The Hall–Kier alpha value is -1.40. The van der Waals surface area contributed by atoms with E-state index < -0.39 is 5.97 Å². The zero-order valence-corrected chi connectivity index (χ0v) is 10.7. The zero-order valence-electron chi connectivity index (χ0n) is 9.89. The highest BCUT2D eigenvalue weighted by molar-refractivity contribution is 7.08. The summed E-state index contributed by atoms with van der Waals surface area (Å²) >= 11 is 1.41.